The number of hydrogen-bond donors (Lipinski definition) is 2. The van der Waals surface area contributed by atoms with Crippen LogP contribution < -0.4 is 10.6 Å². The van der Waals surface area contributed by atoms with Crippen LogP contribution in [0, 0.1) is 0 Å². The maximum Gasteiger partial charge on any atom is 0.224 e. The number of pyridine rings is 1. The van der Waals surface area contributed by atoms with Gasteiger partial charge in [0.1, 0.15) is 5.82 Å². The van der Waals surface area contributed by atoms with E-state index < -0.39 is 0 Å². The molecule has 0 saturated heterocycles. The first kappa shape index (κ1) is 11.4. The van der Waals surface area contributed by atoms with Crippen LogP contribution in [0.1, 0.15) is 11.3 Å². The Morgan fingerprint density at radius 2 is 2.06 bits per heavy atom. The highest BCUT2D eigenvalue weighted by molar-refractivity contribution is 6.28. The topological polar surface area (TPSA) is 62.7 Å². The number of aromatic nitrogens is 3. The Morgan fingerprint density at radius 3 is 2.89 bits per heavy atom. The molecule has 0 saturated carbocycles. The lowest BCUT2D eigenvalue weighted by Crippen LogP contribution is -2.26. The Morgan fingerprint density at radius 1 is 1.22 bits per heavy atom. The van der Waals surface area contributed by atoms with Gasteiger partial charge in [0, 0.05) is 43.2 Å². The molecule has 1 aliphatic rings. The Balaban J connectivity index is 1.98. The lowest BCUT2D eigenvalue weighted by Gasteiger charge is -2.19. The van der Waals surface area contributed by atoms with E-state index in [4.69, 9.17) is 11.6 Å². The molecule has 92 valence electrons. The van der Waals surface area contributed by atoms with Crippen molar-refractivity contribution in [3.63, 3.8) is 0 Å². The zero-order chi connectivity index (χ0) is 12.4. The summed E-state index contributed by atoms with van der Waals surface area (Å²) in [5.74, 6) is 0.767. The van der Waals surface area contributed by atoms with E-state index in [0.29, 0.717) is 0 Å². The molecule has 0 aliphatic carbocycles. The summed E-state index contributed by atoms with van der Waals surface area (Å²) in [6, 6.07) is 3.78. The van der Waals surface area contributed by atoms with E-state index in [2.05, 4.69) is 25.6 Å². The highest BCUT2D eigenvalue weighted by Gasteiger charge is 2.16. The fourth-order valence-electron chi connectivity index (χ4n) is 1.99. The SMILES string of the molecule is Clc1nc2c(c(Nc3ccncc3)n1)CNCC2. The molecular weight excluding hydrogens is 250 g/mol. The largest absolute Gasteiger partial charge is 0.340 e. The number of halogens is 1. The Bertz CT molecular complexity index is 558. The first-order valence-electron chi connectivity index (χ1n) is 5.76. The molecule has 0 unspecified atom stereocenters. The van der Waals surface area contributed by atoms with Crippen molar-refractivity contribution in [2.45, 2.75) is 13.0 Å². The molecule has 1 aliphatic heterocycles. The summed E-state index contributed by atoms with van der Waals surface area (Å²) in [5.41, 5.74) is 3.04. The van der Waals surface area contributed by atoms with Crippen molar-refractivity contribution >= 4 is 23.1 Å². The first-order chi connectivity index (χ1) is 8.83. The monoisotopic (exact) mass is 261 g/mol. The van der Waals surface area contributed by atoms with Crippen LogP contribution in [0.4, 0.5) is 11.5 Å². The van der Waals surface area contributed by atoms with Crippen LogP contribution in [-0.4, -0.2) is 21.5 Å². The predicted octanol–water partition coefficient (Wildman–Crippen LogP) is 1.91. The predicted molar refractivity (Wildman–Crippen MR) is 70.0 cm³/mol. The minimum Gasteiger partial charge on any atom is -0.340 e. The van der Waals surface area contributed by atoms with E-state index in [1.807, 2.05) is 12.1 Å². The fraction of sp³-hybridized carbons (Fsp3) is 0.250. The van der Waals surface area contributed by atoms with E-state index >= 15 is 0 Å². The average Bonchev–Trinajstić information content (AvgIpc) is 2.40. The van der Waals surface area contributed by atoms with E-state index in [1.165, 1.54) is 0 Å². The molecule has 0 spiro atoms. The molecule has 0 bridgehead atoms. The summed E-state index contributed by atoms with van der Waals surface area (Å²) in [6.07, 6.45) is 4.34. The lowest BCUT2D eigenvalue weighted by molar-refractivity contribution is 0.628. The van der Waals surface area contributed by atoms with E-state index in [0.717, 1.165) is 42.3 Å². The van der Waals surface area contributed by atoms with Gasteiger partial charge in [0.2, 0.25) is 5.28 Å². The second-order valence-electron chi connectivity index (χ2n) is 4.05. The third-order valence-electron chi connectivity index (χ3n) is 2.85. The van der Waals surface area contributed by atoms with Crippen molar-refractivity contribution in [3.05, 3.63) is 41.1 Å². The van der Waals surface area contributed by atoms with Crippen LogP contribution in [0.15, 0.2) is 24.5 Å². The quantitative estimate of drug-likeness (QED) is 0.809. The lowest BCUT2D eigenvalue weighted by atomic mass is 10.1. The van der Waals surface area contributed by atoms with Crippen LogP contribution >= 0.6 is 11.6 Å². The van der Waals surface area contributed by atoms with Gasteiger partial charge in [0.15, 0.2) is 0 Å². The number of fused-ring (bicyclic) bond motifs is 1. The molecule has 6 heteroatoms. The van der Waals surface area contributed by atoms with Crippen molar-refractivity contribution in [1.82, 2.24) is 20.3 Å². The van der Waals surface area contributed by atoms with Crippen LogP contribution in [0.25, 0.3) is 0 Å². The van der Waals surface area contributed by atoms with E-state index in [9.17, 15) is 0 Å². The molecule has 2 aromatic rings. The molecule has 3 heterocycles. The van der Waals surface area contributed by atoms with Crippen LogP contribution in [0.2, 0.25) is 5.28 Å². The number of nitrogens with zero attached hydrogens (tertiary/aromatic N) is 3. The van der Waals surface area contributed by atoms with Crippen molar-refractivity contribution in [3.8, 4) is 0 Å². The maximum atomic E-state index is 5.95. The smallest absolute Gasteiger partial charge is 0.224 e. The van der Waals surface area contributed by atoms with Crippen molar-refractivity contribution in [1.29, 1.82) is 0 Å². The molecular formula is C12H12ClN5. The summed E-state index contributed by atoms with van der Waals surface area (Å²) in [7, 11) is 0. The van der Waals surface area contributed by atoms with Gasteiger partial charge < -0.3 is 10.6 Å². The third-order valence-corrected chi connectivity index (χ3v) is 3.02. The Kier molecular flexibility index (Phi) is 3.08. The van der Waals surface area contributed by atoms with Crippen molar-refractivity contribution in [2.75, 3.05) is 11.9 Å². The van der Waals surface area contributed by atoms with Gasteiger partial charge in [0.25, 0.3) is 0 Å². The highest BCUT2D eigenvalue weighted by atomic mass is 35.5. The molecule has 0 radical (unpaired) electrons. The molecule has 2 N–H and O–H groups in total. The van der Waals surface area contributed by atoms with Gasteiger partial charge in [-0.05, 0) is 23.7 Å². The third kappa shape index (κ3) is 2.27. The standard InChI is InChI=1S/C12H12ClN5/c13-12-17-10-3-6-15-7-9(10)11(18-12)16-8-1-4-14-5-2-8/h1-2,4-5,15H,3,6-7H2,(H,14,16,17,18). The molecule has 0 fully saturated rings. The van der Waals surface area contributed by atoms with E-state index in [-0.39, 0.29) is 5.28 Å². The number of rotatable bonds is 2. The Labute approximate surface area is 110 Å². The average molecular weight is 262 g/mol. The zero-order valence-corrected chi connectivity index (χ0v) is 10.4. The first-order valence-corrected chi connectivity index (χ1v) is 6.14. The molecule has 0 atom stereocenters. The van der Waals surface area contributed by atoms with Gasteiger partial charge in [-0.25, -0.2) is 9.97 Å². The van der Waals surface area contributed by atoms with Crippen LogP contribution in [-0.2, 0) is 13.0 Å². The molecule has 3 rings (SSSR count). The van der Waals surface area contributed by atoms with Gasteiger partial charge in [0.05, 0.1) is 5.69 Å². The second kappa shape index (κ2) is 4.88. The Hall–Kier alpha value is -1.72. The summed E-state index contributed by atoms with van der Waals surface area (Å²) in [6.45, 7) is 1.69. The summed E-state index contributed by atoms with van der Waals surface area (Å²) in [5, 5.41) is 6.85. The fourth-order valence-corrected chi connectivity index (χ4v) is 2.17. The van der Waals surface area contributed by atoms with Gasteiger partial charge in [-0.3, -0.25) is 4.98 Å². The number of nitrogens with one attached hydrogen (secondary N) is 2. The zero-order valence-electron chi connectivity index (χ0n) is 9.65. The van der Waals surface area contributed by atoms with Gasteiger partial charge >= 0.3 is 0 Å². The minimum atomic E-state index is 0.284. The summed E-state index contributed by atoms with van der Waals surface area (Å²) < 4.78 is 0. The van der Waals surface area contributed by atoms with Gasteiger partial charge in [-0.15, -0.1) is 0 Å². The summed E-state index contributed by atoms with van der Waals surface area (Å²) >= 11 is 5.95. The van der Waals surface area contributed by atoms with Crippen molar-refractivity contribution < 1.29 is 0 Å². The summed E-state index contributed by atoms with van der Waals surface area (Å²) in [4.78, 5) is 12.5. The highest BCUT2D eigenvalue weighted by Crippen LogP contribution is 2.24. The molecule has 18 heavy (non-hydrogen) atoms. The number of hydrogen-bond acceptors (Lipinski definition) is 5. The number of anilines is 2. The minimum absolute atomic E-state index is 0.284. The van der Waals surface area contributed by atoms with Crippen LogP contribution in [0.5, 0.6) is 0 Å². The molecule has 2 aromatic heterocycles. The van der Waals surface area contributed by atoms with E-state index in [1.54, 1.807) is 12.4 Å². The van der Waals surface area contributed by atoms with Crippen molar-refractivity contribution in [2.24, 2.45) is 0 Å². The van der Waals surface area contributed by atoms with Crippen LogP contribution in [0.3, 0.4) is 0 Å². The molecule has 5 nitrogen and oxygen atoms in total. The molecule has 0 aromatic carbocycles. The van der Waals surface area contributed by atoms with Gasteiger partial charge in [-0.1, -0.05) is 0 Å². The second-order valence-corrected chi connectivity index (χ2v) is 4.39. The normalized spacial score (nSPS) is 14.1. The van der Waals surface area contributed by atoms with Gasteiger partial charge in [-0.2, -0.15) is 0 Å². The maximum absolute atomic E-state index is 5.95. The molecule has 0 amide bonds.